The van der Waals surface area contributed by atoms with Crippen LogP contribution in [-0.4, -0.2) is 77.6 Å². The van der Waals surface area contributed by atoms with Gasteiger partial charge in [-0.2, -0.15) is 15.2 Å². The molecule has 0 spiro atoms. The van der Waals surface area contributed by atoms with E-state index in [-0.39, 0.29) is 24.5 Å². The Kier molecular flexibility index (Phi) is 8.09. The van der Waals surface area contributed by atoms with E-state index in [0.717, 1.165) is 42.0 Å². The second kappa shape index (κ2) is 12.1. The lowest BCUT2D eigenvalue weighted by Crippen LogP contribution is -2.55. The molecule has 0 radical (unpaired) electrons. The van der Waals surface area contributed by atoms with E-state index < -0.39 is 0 Å². The van der Waals surface area contributed by atoms with E-state index in [1.807, 2.05) is 0 Å². The second-order valence-electron chi connectivity index (χ2n) is 11.6. The summed E-state index contributed by atoms with van der Waals surface area (Å²) < 4.78 is 12.8. The molecule has 0 bridgehead atoms. The maximum absolute atomic E-state index is 12.5. The third-order valence-electron chi connectivity index (χ3n) is 8.99. The normalized spacial score (nSPS) is 22.5. The van der Waals surface area contributed by atoms with E-state index in [1.54, 1.807) is 4.90 Å². The summed E-state index contributed by atoms with van der Waals surface area (Å²) in [5.41, 5.74) is 4.27. The molecule has 0 unspecified atom stereocenters. The summed E-state index contributed by atoms with van der Waals surface area (Å²) in [4.78, 5) is 28.6. The number of anilines is 1. The third-order valence-corrected chi connectivity index (χ3v) is 8.99. The predicted octanol–water partition coefficient (Wildman–Crippen LogP) is 4.34. The molecule has 9 nitrogen and oxygen atoms in total. The average Bonchev–Trinajstić information content (AvgIpc) is 3.43. The van der Waals surface area contributed by atoms with Gasteiger partial charge in [0.15, 0.2) is 0 Å². The number of piperazine rings is 1. The Morgan fingerprint density at radius 3 is 2.79 bits per heavy atom. The number of hydrogen-bond acceptors (Lipinski definition) is 8. The van der Waals surface area contributed by atoms with E-state index >= 15 is 0 Å². The zero-order valence-corrected chi connectivity index (χ0v) is 24.5. The van der Waals surface area contributed by atoms with Crippen LogP contribution in [0.1, 0.15) is 47.8 Å². The van der Waals surface area contributed by atoms with Crippen LogP contribution in [0.4, 0.5) is 5.82 Å². The number of carbonyl (C=O) groups is 1. The Morgan fingerprint density at radius 2 is 2.02 bits per heavy atom. The molecule has 0 N–H and O–H groups in total. The summed E-state index contributed by atoms with van der Waals surface area (Å²) in [7, 11) is 2.13. The molecule has 6 rings (SSSR count). The first-order valence-electron chi connectivity index (χ1n) is 14.8. The highest BCUT2D eigenvalue weighted by atomic mass is 16.5. The SMILES string of the molecule is C=CC(=O)N1CCN(c2nc(OC[C@@H]3CCCN3C)nc3c2CO[C@H](c2cccc4cccc(C)c24)C3)C[C@@H]1CC#N. The van der Waals surface area contributed by atoms with Crippen LogP contribution in [0.2, 0.25) is 0 Å². The fourth-order valence-corrected chi connectivity index (χ4v) is 6.68. The monoisotopic (exact) mass is 566 g/mol. The van der Waals surface area contributed by atoms with E-state index in [4.69, 9.17) is 19.4 Å². The van der Waals surface area contributed by atoms with Crippen molar-refractivity contribution in [3.63, 3.8) is 0 Å². The van der Waals surface area contributed by atoms with Crippen molar-refractivity contribution in [2.24, 2.45) is 0 Å². The van der Waals surface area contributed by atoms with Crippen molar-refractivity contribution in [3.05, 3.63) is 71.4 Å². The number of carbonyl (C=O) groups excluding carboxylic acids is 1. The van der Waals surface area contributed by atoms with Crippen molar-refractivity contribution in [2.75, 3.05) is 44.7 Å². The smallest absolute Gasteiger partial charge is 0.318 e. The lowest BCUT2D eigenvalue weighted by Gasteiger charge is -2.42. The van der Waals surface area contributed by atoms with Crippen LogP contribution < -0.4 is 9.64 Å². The quantitative estimate of drug-likeness (QED) is 0.390. The number of likely N-dealkylation sites (tertiary alicyclic amines) is 1. The molecule has 2 aromatic carbocycles. The van der Waals surface area contributed by atoms with Gasteiger partial charge in [0.05, 0.1) is 36.9 Å². The van der Waals surface area contributed by atoms with E-state index in [9.17, 15) is 10.1 Å². The van der Waals surface area contributed by atoms with Gasteiger partial charge in [-0.1, -0.05) is 43.0 Å². The number of nitriles is 1. The molecule has 1 amide bonds. The lowest BCUT2D eigenvalue weighted by molar-refractivity contribution is -0.128. The van der Waals surface area contributed by atoms with Gasteiger partial charge >= 0.3 is 6.01 Å². The number of rotatable bonds is 7. The molecule has 3 atom stereocenters. The van der Waals surface area contributed by atoms with Crippen molar-refractivity contribution < 1.29 is 14.3 Å². The summed E-state index contributed by atoms with van der Waals surface area (Å²) in [6.07, 6.45) is 4.28. The molecule has 0 aliphatic carbocycles. The number of aromatic nitrogens is 2. The molecule has 3 aromatic rings. The molecule has 42 heavy (non-hydrogen) atoms. The van der Waals surface area contributed by atoms with Crippen molar-refractivity contribution in [1.82, 2.24) is 19.8 Å². The Morgan fingerprint density at radius 1 is 1.19 bits per heavy atom. The van der Waals surface area contributed by atoms with Gasteiger partial charge in [0, 0.05) is 37.7 Å². The van der Waals surface area contributed by atoms with Crippen molar-refractivity contribution in [3.8, 4) is 12.1 Å². The standard InChI is InChI=1S/C33H38N6O3/c1-4-30(40)39-17-16-38(19-24(39)13-14-34)32-27-21-41-29(26-12-6-10-23-9-5-8-22(2)31(23)26)18-28(27)35-33(36-32)42-20-25-11-7-15-37(25)3/h4-6,8-10,12,24-25,29H,1,7,11,13,15-21H2,2-3H3/t24-,25-,29-/m0/s1. The Hall–Kier alpha value is -4.00. The van der Waals surface area contributed by atoms with Gasteiger partial charge < -0.3 is 24.2 Å². The third kappa shape index (κ3) is 5.44. The van der Waals surface area contributed by atoms with E-state index in [0.29, 0.717) is 51.3 Å². The maximum Gasteiger partial charge on any atom is 0.318 e. The number of likely N-dealkylation sites (N-methyl/N-ethyl adjacent to an activating group) is 1. The van der Waals surface area contributed by atoms with E-state index in [2.05, 4.69) is 72.8 Å². The molecule has 2 saturated heterocycles. The number of hydrogen-bond donors (Lipinski definition) is 0. The summed E-state index contributed by atoms with van der Waals surface area (Å²) in [6.45, 7) is 9.33. The summed E-state index contributed by atoms with van der Waals surface area (Å²) in [6, 6.07) is 15.5. The first-order chi connectivity index (χ1) is 20.5. The number of amides is 1. The maximum atomic E-state index is 12.5. The highest BCUT2D eigenvalue weighted by Crippen LogP contribution is 2.38. The average molecular weight is 567 g/mol. The van der Waals surface area contributed by atoms with Gasteiger partial charge in [-0.05, 0) is 61.3 Å². The zero-order chi connectivity index (χ0) is 29.2. The minimum absolute atomic E-state index is 0.146. The molecule has 3 aliphatic rings. The van der Waals surface area contributed by atoms with Crippen molar-refractivity contribution in [1.29, 1.82) is 5.26 Å². The highest BCUT2D eigenvalue weighted by molar-refractivity contribution is 5.89. The Balaban J connectivity index is 1.34. The van der Waals surface area contributed by atoms with Crippen LogP contribution in [0.15, 0.2) is 49.1 Å². The van der Waals surface area contributed by atoms with Gasteiger partial charge in [-0.3, -0.25) is 4.79 Å². The predicted molar refractivity (Wildman–Crippen MR) is 161 cm³/mol. The summed E-state index contributed by atoms with van der Waals surface area (Å²) in [5.74, 6) is 0.622. The summed E-state index contributed by atoms with van der Waals surface area (Å²) in [5, 5.41) is 11.9. The van der Waals surface area contributed by atoms with Crippen LogP contribution in [0.3, 0.4) is 0 Å². The molecule has 3 aliphatic heterocycles. The number of nitrogens with zero attached hydrogens (tertiary/aromatic N) is 6. The van der Waals surface area contributed by atoms with Crippen LogP contribution in [0.25, 0.3) is 10.8 Å². The summed E-state index contributed by atoms with van der Waals surface area (Å²) >= 11 is 0. The van der Waals surface area contributed by atoms with E-state index in [1.165, 1.54) is 22.4 Å². The Labute approximate surface area is 247 Å². The first-order valence-corrected chi connectivity index (χ1v) is 14.8. The van der Waals surface area contributed by atoms with Gasteiger partial charge in [0.2, 0.25) is 5.91 Å². The van der Waals surface area contributed by atoms with Crippen molar-refractivity contribution >= 4 is 22.5 Å². The number of benzene rings is 2. The largest absolute Gasteiger partial charge is 0.462 e. The second-order valence-corrected chi connectivity index (χ2v) is 11.6. The zero-order valence-electron chi connectivity index (χ0n) is 24.5. The minimum Gasteiger partial charge on any atom is -0.462 e. The number of ether oxygens (including phenoxy) is 2. The molecule has 218 valence electrons. The molecular weight excluding hydrogens is 528 g/mol. The van der Waals surface area contributed by atoms with Crippen molar-refractivity contribution in [2.45, 2.75) is 57.4 Å². The van der Waals surface area contributed by atoms with Gasteiger partial charge in [0.25, 0.3) is 0 Å². The van der Waals surface area contributed by atoms with Crippen LogP contribution in [0.5, 0.6) is 6.01 Å². The van der Waals surface area contributed by atoms with Crippen LogP contribution in [0, 0.1) is 18.3 Å². The van der Waals surface area contributed by atoms with Crippen LogP contribution >= 0.6 is 0 Å². The topological polar surface area (TPSA) is 94.8 Å². The first kappa shape index (κ1) is 28.1. The van der Waals surface area contributed by atoms with Gasteiger partial charge in [0.1, 0.15) is 12.4 Å². The number of fused-ring (bicyclic) bond motifs is 2. The molecule has 4 heterocycles. The fourth-order valence-electron chi connectivity index (χ4n) is 6.68. The molecule has 2 fully saturated rings. The molecule has 1 aromatic heterocycles. The fraction of sp³-hybridized carbons (Fsp3) is 0.455. The lowest BCUT2D eigenvalue weighted by atomic mass is 9.92. The highest BCUT2D eigenvalue weighted by Gasteiger charge is 2.34. The Bertz CT molecular complexity index is 1530. The van der Waals surface area contributed by atoms with Gasteiger partial charge in [-0.15, -0.1) is 0 Å². The molecular formula is C33H38N6O3. The minimum atomic E-state index is -0.257. The number of aryl methyl sites for hydroxylation is 1. The molecule has 9 heteroatoms. The van der Waals surface area contributed by atoms with Crippen LogP contribution in [-0.2, 0) is 22.6 Å². The van der Waals surface area contributed by atoms with Gasteiger partial charge in [-0.25, -0.2) is 0 Å². The molecule has 0 saturated carbocycles.